The summed E-state index contributed by atoms with van der Waals surface area (Å²) in [6.07, 6.45) is 4.64. The molecule has 0 aliphatic carbocycles. The first-order valence-electron chi connectivity index (χ1n) is 6.35. The second kappa shape index (κ2) is 9.80. The number of halogens is 2. The minimum atomic E-state index is -0.703. The third-order valence-corrected chi connectivity index (χ3v) is 3.27. The van der Waals surface area contributed by atoms with E-state index < -0.39 is 5.97 Å². The Morgan fingerprint density at radius 3 is 2.30 bits per heavy atom. The number of pyridine rings is 1. The highest BCUT2D eigenvalue weighted by molar-refractivity contribution is 5.85. The van der Waals surface area contributed by atoms with Crippen LogP contribution in [0, 0.1) is 0 Å². The van der Waals surface area contributed by atoms with Crippen LogP contribution in [-0.4, -0.2) is 53.7 Å². The number of rotatable bonds is 5. The third kappa shape index (κ3) is 5.94. The average molecular weight is 322 g/mol. The summed E-state index contributed by atoms with van der Waals surface area (Å²) in [5, 5.41) is 8.60. The predicted octanol–water partition coefficient (Wildman–Crippen LogP) is 1.91. The lowest BCUT2D eigenvalue weighted by atomic mass is 10.2. The monoisotopic (exact) mass is 321 g/mol. The molecule has 2 rings (SSSR count). The molecule has 0 saturated carbocycles. The summed E-state index contributed by atoms with van der Waals surface area (Å²) in [5.74, 6) is -0.703. The Kier molecular flexibility index (Phi) is 9.29. The quantitative estimate of drug-likeness (QED) is 0.897. The van der Waals surface area contributed by atoms with E-state index in [0.29, 0.717) is 0 Å². The molecule has 1 aromatic rings. The van der Waals surface area contributed by atoms with Crippen LogP contribution in [0.5, 0.6) is 0 Å². The van der Waals surface area contributed by atoms with Gasteiger partial charge in [-0.25, -0.2) is 0 Å². The van der Waals surface area contributed by atoms with Gasteiger partial charge in [-0.1, -0.05) is 0 Å². The van der Waals surface area contributed by atoms with E-state index in [0.717, 1.165) is 39.1 Å². The van der Waals surface area contributed by atoms with Crippen LogP contribution in [0.4, 0.5) is 5.69 Å². The maximum Gasteiger partial charge on any atom is 0.303 e. The molecule has 114 valence electrons. The van der Waals surface area contributed by atoms with Gasteiger partial charge in [0, 0.05) is 50.7 Å². The largest absolute Gasteiger partial charge is 0.481 e. The first-order valence-corrected chi connectivity index (χ1v) is 6.35. The summed E-state index contributed by atoms with van der Waals surface area (Å²) < 4.78 is 0. The van der Waals surface area contributed by atoms with Crippen LogP contribution >= 0.6 is 24.8 Å². The maximum atomic E-state index is 10.4. The fraction of sp³-hybridized carbons (Fsp3) is 0.538. The van der Waals surface area contributed by atoms with Gasteiger partial charge in [-0.2, -0.15) is 0 Å². The Bertz CT molecular complexity index is 384. The standard InChI is InChI=1S/C13H19N3O2.2ClH/c17-13(18)2-1-7-15-8-10-16(11-9-15)12-3-5-14-6-4-12;;/h3-6H,1-2,7-11H2,(H,17,18);2*1H. The number of aromatic nitrogens is 1. The van der Waals surface area contributed by atoms with Crippen molar-refractivity contribution in [3.63, 3.8) is 0 Å². The second-order valence-corrected chi connectivity index (χ2v) is 4.53. The summed E-state index contributed by atoms with van der Waals surface area (Å²) in [7, 11) is 0. The molecular formula is C13H21Cl2N3O2. The van der Waals surface area contributed by atoms with Gasteiger partial charge in [0.05, 0.1) is 0 Å². The zero-order valence-electron chi connectivity index (χ0n) is 11.3. The smallest absolute Gasteiger partial charge is 0.303 e. The zero-order chi connectivity index (χ0) is 12.8. The summed E-state index contributed by atoms with van der Waals surface area (Å²) in [5.41, 5.74) is 1.22. The van der Waals surface area contributed by atoms with Gasteiger partial charge in [-0.3, -0.25) is 14.7 Å². The number of carbonyl (C=O) groups is 1. The molecule has 0 unspecified atom stereocenters. The third-order valence-electron chi connectivity index (χ3n) is 3.27. The van der Waals surface area contributed by atoms with E-state index in [4.69, 9.17) is 5.11 Å². The first-order chi connectivity index (χ1) is 8.75. The summed E-state index contributed by atoms with van der Waals surface area (Å²) >= 11 is 0. The molecule has 0 bridgehead atoms. The molecule has 1 N–H and O–H groups in total. The van der Waals surface area contributed by atoms with E-state index >= 15 is 0 Å². The van der Waals surface area contributed by atoms with E-state index in [2.05, 4.69) is 14.8 Å². The van der Waals surface area contributed by atoms with E-state index in [1.165, 1.54) is 5.69 Å². The first kappa shape index (κ1) is 19.0. The van der Waals surface area contributed by atoms with E-state index in [9.17, 15) is 4.79 Å². The normalized spacial score (nSPS) is 15.1. The van der Waals surface area contributed by atoms with Crippen LogP contribution in [0.25, 0.3) is 0 Å². The number of aliphatic carboxylic acids is 1. The van der Waals surface area contributed by atoms with Crippen molar-refractivity contribution in [1.29, 1.82) is 0 Å². The van der Waals surface area contributed by atoms with Crippen LogP contribution in [0.15, 0.2) is 24.5 Å². The lowest BCUT2D eigenvalue weighted by Crippen LogP contribution is -2.46. The Labute approximate surface area is 131 Å². The molecular weight excluding hydrogens is 301 g/mol. The molecule has 0 aromatic carbocycles. The van der Waals surface area contributed by atoms with Crippen molar-refractivity contribution in [2.24, 2.45) is 0 Å². The highest BCUT2D eigenvalue weighted by atomic mass is 35.5. The Morgan fingerprint density at radius 1 is 1.15 bits per heavy atom. The topological polar surface area (TPSA) is 56.7 Å². The van der Waals surface area contributed by atoms with Crippen molar-refractivity contribution >= 4 is 36.5 Å². The van der Waals surface area contributed by atoms with Gasteiger partial charge in [0.25, 0.3) is 0 Å². The van der Waals surface area contributed by atoms with Crippen molar-refractivity contribution in [1.82, 2.24) is 9.88 Å². The van der Waals surface area contributed by atoms with Gasteiger partial charge in [0.1, 0.15) is 0 Å². The van der Waals surface area contributed by atoms with Crippen LogP contribution in [0.1, 0.15) is 12.8 Å². The maximum absolute atomic E-state index is 10.4. The molecule has 1 fully saturated rings. The number of nitrogens with zero attached hydrogens (tertiary/aromatic N) is 3. The molecule has 5 nitrogen and oxygen atoms in total. The van der Waals surface area contributed by atoms with E-state index in [1.54, 1.807) is 0 Å². The molecule has 0 spiro atoms. The van der Waals surface area contributed by atoms with Crippen LogP contribution in [0.2, 0.25) is 0 Å². The minimum Gasteiger partial charge on any atom is -0.481 e. The predicted molar refractivity (Wildman–Crippen MR) is 84.3 cm³/mol. The van der Waals surface area contributed by atoms with Crippen LogP contribution in [-0.2, 0) is 4.79 Å². The lowest BCUT2D eigenvalue weighted by molar-refractivity contribution is -0.137. The SMILES string of the molecule is Cl.Cl.O=C(O)CCCN1CCN(c2ccncc2)CC1. The van der Waals surface area contributed by atoms with E-state index in [-0.39, 0.29) is 31.2 Å². The van der Waals surface area contributed by atoms with Gasteiger partial charge < -0.3 is 10.0 Å². The molecule has 1 aliphatic rings. The molecule has 0 radical (unpaired) electrons. The fourth-order valence-corrected chi connectivity index (χ4v) is 2.24. The van der Waals surface area contributed by atoms with Crippen molar-refractivity contribution < 1.29 is 9.90 Å². The van der Waals surface area contributed by atoms with Gasteiger partial charge in [-0.05, 0) is 25.1 Å². The molecule has 0 atom stereocenters. The zero-order valence-corrected chi connectivity index (χ0v) is 12.9. The van der Waals surface area contributed by atoms with Gasteiger partial charge >= 0.3 is 5.97 Å². The number of carboxylic acid groups (broad SMARTS) is 1. The molecule has 1 aliphatic heterocycles. The lowest BCUT2D eigenvalue weighted by Gasteiger charge is -2.36. The Balaban J connectivity index is 0.00000180. The van der Waals surface area contributed by atoms with Crippen molar-refractivity contribution in [3.05, 3.63) is 24.5 Å². The van der Waals surface area contributed by atoms with Gasteiger partial charge in [-0.15, -0.1) is 24.8 Å². The molecule has 20 heavy (non-hydrogen) atoms. The van der Waals surface area contributed by atoms with Crippen LogP contribution in [0.3, 0.4) is 0 Å². The number of piperazine rings is 1. The number of hydrogen-bond donors (Lipinski definition) is 1. The Hall–Kier alpha value is -1.04. The molecule has 1 saturated heterocycles. The second-order valence-electron chi connectivity index (χ2n) is 4.53. The van der Waals surface area contributed by atoms with E-state index in [1.807, 2.05) is 24.5 Å². The van der Waals surface area contributed by atoms with Crippen molar-refractivity contribution in [3.8, 4) is 0 Å². The summed E-state index contributed by atoms with van der Waals surface area (Å²) in [6, 6.07) is 4.06. The van der Waals surface area contributed by atoms with Gasteiger partial charge in [0.15, 0.2) is 0 Å². The van der Waals surface area contributed by atoms with Crippen molar-refractivity contribution in [2.75, 3.05) is 37.6 Å². The molecule has 0 amide bonds. The highest BCUT2D eigenvalue weighted by Gasteiger charge is 2.16. The number of anilines is 1. The summed E-state index contributed by atoms with van der Waals surface area (Å²) in [4.78, 5) is 19.1. The minimum absolute atomic E-state index is 0. The number of hydrogen-bond acceptors (Lipinski definition) is 4. The average Bonchev–Trinajstić information content (AvgIpc) is 2.40. The van der Waals surface area contributed by atoms with Gasteiger partial charge in [0.2, 0.25) is 0 Å². The molecule has 1 aromatic heterocycles. The number of carboxylic acids is 1. The molecule has 2 heterocycles. The fourth-order valence-electron chi connectivity index (χ4n) is 2.24. The Morgan fingerprint density at radius 2 is 1.75 bits per heavy atom. The summed E-state index contributed by atoms with van der Waals surface area (Å²) in [6.45, 7) is 4.88. The van der Waals surface area contributed by atoms with Crippen LogP contribution < -0.4 is 4.90 Å². The molecule has 7 heteroatoms. The van der Waals surface area contributed by atoms with Crippen molar-refractivity contribution in [2.45, 2.75) is 12.8 Å². The highest BCUT2D eigenvalue weighted by Crippen LogP contribution is 2.14.